The van der Waals surface area contributed by atoms with E-state index in [-0.39, 0.29) is 0 Å². The lowest BCUT2D eigenvalue weighted by atomic mass is 10.3. The van der Waals surface area contributed by atoms with Gasteiger partial charge in [-0.05, 0) is 31.4 Å². The van der Waals surface area contributed by atoms with Crippen molar-refractivity contribution >= 4 is 5.97 Å². The lowest BCUT2D eigenvalue weighted by molar-refractivity contribution is 0.0515. The summed E-state index contributed by atoms with van der Waals surface area (Å²) in [5.74, 6) is 5.63. The molecule has 0 aliphatic heterocycles. The summed E-state index contributed by atoms with van der Waals surface area (Å²) in [4.78, 5) is 12.1. The van der Waals surface area contributed by atoms with Gasteiger partial charge >= 0.3 is 5.97 Å². The molecule has 4 nitrogen and oxygen atoms in total. The van der Waals surface area contributed by atoms with Crippen LogP contribution >= 0.6 is 0 Å². The molecule has 0 saturated carbocycles. The number of nitrogens with zero attached hydrogens (tertiary/aromatic N) is 2. The fraction of sp³-hybridized carbons (Fsp3) is 0.294. The molecule has 2 rings (SSSR count). The van der Waals surface area contributed by atoms with Crippen LogP contribution in [0.2, 0.25) is 0 Å². The Morgan fingerprint density at radius 1 is 1.29 bits per heavy atom. The van der Waals surface area contributed by atoms with Crippen molar-refractivity contribution in [1.82, 2.24) is 9.78 Å². The molecule has 1 heterocycles. The van der Waals surface area contributed by atoms with Crippen LogP contribution in [0.15, 0.2) is 36.4 Å². The molecule has 0 N–H and O–H groups in total. The van der Waals surface area contributed by atoms with E-state index in [2.05, 4.69) is 23.9 Å². The van der Waals surface area contributed by atoms with Crippen LogP contribution in [-0.2, 0) is 4.74 Å². The van der Waals surface area contributed by atoms with Crippen molar-refractivity contribution in [3.05, 3.63) is 47.8 Å². The molecule has 0 bridgehead atoms. The van der Waals surface area contributed by atoms with Crippen LogP contribution in [0, 0.1) is 11.8 Å². The number of unbranched alkanes of at least 4 members (excludes halogenated alkanes) is 1. The molecule has 1 aromatic heterocycles. The zero-order valence-corrected chi connectivity index (χ0v) is 12.3. The van der Waals surface area contributed by atoms with E-state index in [0.29, 0.717) is 18.0 Å². The van der Waals surface area contributed by atoms with Gasteiger partial charge < -0.3 is 4.74 Å². The number of benzene rings is 1. The molecule has 0 atom stereocenters. The maximum Gasteiger partial charge on any atom is 0.357 e. The third-order valence-electron chi connectivity index (χ3n) is 2.79. The second-order valence-electron chi connectivity index (χ2n) is 4.43. The standard InChI is InChI=1S/C17H18N2O2/c1-3-5-7-10-14-13-16(17(20)21-4-2)19(18-14)15-11-8-6-9-12-15/h6,8-9,11-13H,3-5H2,1-2H3. The summed E-state index contributed by atoms with van der Waals surface area (Å²) in [5, 5.41) is 4.40. The van der Waals surface area contributed by atoms with Gasteiger partial charge in [0, 0.05) is 12.5 Å². The zero-order valence-electron chi connectivity index (χ0n) is 12.3. The molecule has 0 aliphatic rings. The molecule has 1 aromatic carbocycles. The predicted molar refractivity (Wildman–Crippen MR) is 81.3 cm³/mol. The molecule has 0 saturated heterocycles. The zero-order chi connectivity index (χ0) is 15.1. The van der Waals surface area contributed by atoms with Crippen LogP contribution in [0.3, 0.4) is 0 Å². The summed E-state index contributed by atoms with van der Waals surface area (Å²) < 4.78 is 6.66. The largest absolute Gasteiger partial charge is 0.461 e. The van der Waals surface area contributed by atoms with Crippen molar-refractivity contribution in [3.8, 4) is 17.5 Å². The molecule has 4 heteroatoms. The fourth-order valence-electron chi connectivity index (χ4n) is 1.84. The minimum atomic E-state index is -0.391. The van der Waals surface area contributed by atoms with E-state index in [9.17, 15) is 4.79 Å². The van der Waals surface area contributed by atoms with Crippen molar-refractivity contribution in [2.24, 2.45) is 0 Å². The molecule has 21 heavy (non-hydrogen) atoms. The van der Waals surface area contributed by atoms with Gasteiger partial charge in [-0.15, -0.1) is 0 Å². The second-order valence-corrected chi connectivity index (χ2v) is 4.43. The normalized spacial score (nSPS) is 9.81. The number of carbonyl (C=O) groups excluding carboxylic acids is 1. The van der Waals surface area contributed by atoms with E-state index >= 15 is 0 Å². The average molecular weight is 282 g/mol. The Bertz CT molecular complexity index is 663. The van der Waals surface area contributed by atoms with Gasteiger partial charge in [-0.1, -0.05) is 31.0 Å². The van der Waals surface area contributed by atoms with Gasteiger partial charge in [0.25, 0.3) is 0 Å². The first-order chi connectivity index (χ1) is 10.3. The first kappa shape index (κ1) is 14.9. The second kappa shape index (κ2) is 7.30. The average Bonchev–Trinajstić information content (AvgIpc) is 2.93. The molecular formula is C17H18N2O2. The van der Waals surface area contributed by atoms with Gasteiger partial charge in [-0.2, -0.15) is 5.10 Å². The van der Waals surface area contributed by atoms with Crippen LogP contribution in [0.5, 0.6) is 0 Å². The highest BCUT2D eigenvalue weighted by Gasteiger charge is 2.16. The van der Waals surface area contributed by atoms with E-state index in [1.54, 1.807) is 17.7 Å². The molecule has 108 valence electrons. The minimum Gasteiger partial charge on any atom is -0.461 e. The molecular weight excluding hydrogens is 264 g/mol. The van der Waals surface area contributed by atoms with Gasteiger partial charge in [0.1, 0.15) is 5.69 Å². The summed E-state index contributed by atoms with van der Waals surface area (Å²) in [5.41, 5.74) is 1.78. The van der Waals surface area contributed by atoms with Crippen molar-refractivity contribution in [1.29, 1.82) is 0 Å². The van der Waals surface area contributed by atoms with Gasteiger partial charge in [0.2, 0.25) is 0 Å². The number of carbonyl (C=O) groups is 1. The lowest BCUT2D eigenvalue weighted by Crippen LogP contribution is -2.11. The van der Waals surface area contributed by atoms with Crippen LogP contribution in [0.25, 0.3) is 5.69 Å². The number of rotatable bonds is 4. The first-order valence-electron chi connectivity index (χ1n) is 7.07. The van der Waals surface area contributed by atoms with Gasteiger partial charge in [0.05, 0.1) is 12.3 Å². The fourth-order valence-corrected chi connectivity index (χ4v) is 1.84. The van der Waals surface area contributed by atoms with E-state index in [1.807, 2.05) is 30.3 Å². The van der Waals surface area contributed by atoms with E-state index in [4.69, 9.17) is 4.74 Å². The van der Waals surface area contributed by atoms with E-state index < -0.39 is 5.97 Å². The Hall–Kier alpha value is -2.54. The molecule has 0 radical (unpaired) electrons. The number of esters is 1. The summed E-state index contributed by atoms with van der Waals surface area (Å²) in [6.07, 6.45) is 1.81. The van der Waals surface area contributed by atoms with E-state index in [1.165, 1.54) is 0 Å². The Kier molecular flexibility index (Phi) is 5.16. The number of para-hydroxylation sites is 1. The smallest absolute Gasteiger partial charge is 0.357 e. The molecule has 2 aromatic rings. The Morgan fingerprint density at radius 2 is 2.05 bits per heavy atom. The maximum absolute atomic E-state index is 12.1. The predicted octanol–water partition coefficient (Wildman–Crippen LogP) is 3.20. The summed E-state index contributed by atoms with van der Waals surface area (Å²) >= 11 is 0. The Balaban J connectivity index is 2.42. The third-order valence-corrected chi connectivity index (χ3v) is 2.79. The topological polar surface area (TPSA) is 44.1 Å². The van der Waals surface area contributed by atoms with Crippen molar-refractivity contribution < 1.29 is 9.53 Å². The number of ether oxygens (including phenoxy) is 1. The van der Waals surface area contributed by atoms with Crippen LogP contribution in [0.4, 0.5) is 0 Å². The Labute approximate surface area is 124 Å². The Morgan fingerprint density at radius 3 is 2.71 bits per heavy atom. The quantitative estimate of drug-likeness (QED) is 0.639. The summed E-state index contributed by atoms with van der Waals surface area (Å²) in [6, 6.07) is 11.2. The lowest BCUT2D eigenvalue weighted by Gasteiger charge is -2.06. The van der Waals surface area contributed by atoms with Gasteiger partial charge in [0.15, 0.2) is 5.69 Å². The van der Waals surface area contributed by atoms with Gasteiger partial charge in [-0.25, -0.2) is 9.48 Å². The third kappa shape index (κ3) is 3.73. The molecule has 0 unspecified atom stereocenters. The van der Waals surface area contributed by atoms with E-state index in [0.717, 1.165) is 18.5 Å². The number of hydrogen-bond donors (Lipinski definition) is 0. The summed E-state index contributed by atoms with van der Waals surface area (Å²) in [6.45, 7) is 4.18. The van der Waals surface area contributed by atoms with Crippen LogP contribution < -0.4 is 0 Å². The van der Waals surface area contributed by atoms with Crippen molar-refractivity contribution in [3.63, 3.8) is 0 Å². The highest BCUT2D eigenvalue weighted by molar-refractivity contribution is 5.88. The van der Waals surface area contributed by atoms with Crippen LogP contribution in [0.1, 0.15) is 42.9 Å². The van der Waals surface area contributed by atoms with Gasteiger partial charge in [-0.3, -0.25) is 0 Å². The monoisotopic (exact) mass is 282 g/mol. The molecule has 0 fully saturated rings. The molecule has 0 spiro atoms. The highest BCUT2D eigenvalue weighted by atomic mass is 16.5. The SMILES string of the molecule is CCCC#Cc1cc(C(=O)OCC)n(-c2ccccc2)n1. The molecule has 0 amide bonds. The van der Waals surface area contributed by atoms with Crippen LogP contribution in [-0.4, -0.2) is 22.4 Å². The van der Waals surface area contributed by atoms with Crippen molar-refractivity contribution in [2.75, 3.05) is 6.61 Å². The first-order valence-corrected chi connectivity index (χ1v) is 7.07. The number of hydrogen-bond acceptors (Lipinski definition) is 3. The molecule has 0 aliphatic carbocycles. The minimum absolute atomic E-state index is 0.329. The summed E-state index contributed by atoms with van der Waals surface area (Å²) in [7, 11) is 0. The maximum atomic E-state index is 12.1. The van der Waals surface area contributed by atoms with Crippen molar-refractivity contribution in [2.45, 2.75) is 26.7 Å². The highest BCUT2D eigenvalue weighted by Crippen LogP contribution is 2.13. The number of aromatic nitrogens is 2.